The number of carbonyl (C=O) groups excluding carboxylic acids is 1. The van der Waals surface area contributed by atoms with Gasteiger partial charge in [0.2, 0.25) is 5.88 Å². The van der Waals surface area contributed by atoms with Gasteiger partial charge in [0.1, 0.15) is 11.5 Å². The number of morpholine rings is 1. The minimum atomic E-state index is -0.685. The Morgan fingerprint density at radius 3 is 2.68 bits per heavy atom. The zero-order valence-corrected chi connectivity index (χ0v) is 23.1. The van der Waals surface area contributed by atoms with Crippen LogP contribution in [0.1, 0.15) is 31.2 Å². The Morgan fingerprint density at radius 1 is 1.27 bits per heavy atom. The Kier molecular flexibility index (Phi) is 7.36. The Bertz CT molecular complexity index is 1530. The van der Waals surface area contributed by atoms with Crippen molar-refractivity contribution in [2.24, 2.45) is 4.99 Å². The third-order valence-corrected chi connectivity index (χ3v) is 7.76. The molecule has 5 rings (SSSR count). The number of allylic oxidation sites excluding steroid dienone is 1. The molecule has 2 aromatic heterocycles. The lowest BCUT2D eigenvalue weighted by Gasteiger charge is -2.26. The molecule has 2 aliphatic rings. The number of nitrogens with zero attached hydrogens (tertiary/aromatic N) is 3. The summed E-state index contributed by atoms with van der Waals surface area (Å²) in [5, 5.41) is 0. The Morgan fingerprint density at radius 2 is 2.00 bits per heavy atom. The number of ether oxygens (including phenoxy) is 3. The van der Waals surface area contributed by atoms with E-state index in [1.54, 1.807) is 43.7 Å². The second-order valence-corrected chi connectivity index (χ2v) is 10.3. The molecule has 1 aromatic carbocycles. The van der Waals surface area contributed by atoms with Gasteiger partial charge in [-0.2, -0.15) is 0 Å². The average Bonchev–Trinajstić information content (AvgIpc) is 3.42. The van der Waals surface area contributed by atoms with Crippen LogP contribution in [0.2, 0.25) is 0 Å². The van der Waals surface area contributed by atoms with Gasteiger partial charge >= 0.3 is 5.97 Å². The molecule has 9 nitrogen and oxygen atoms in total. The fourth-order valence-corrected chi connectivity index (χ4v) is 6.04. The van der Waals surface area contributed by atoms with Crippen LogP contribution in [0.15, 0.2) is 60.3 Å². The third kappa shape index (κ3) is 4.90. The van der Waals surface area contributed by atoms with Crippen LogP contribution < -0.4 is 24.5 Å². The molecule has 4 heterocycles. The molecule has 194 valence electrons. The summed E-state index contributed by atoms with van der Waals surface area (Å²) in [6.45, 7) is 6.45. The first kappa shape index (κ1) is 25.5. The molecule has 1 fully saturated rings. The summed E-state index contributed by atoms with van der Waals surface area (Å²) in [5.41, 5.74) is 1.34. The summed E-state index contributed by atoms with van der Waals surface area (Å²) in [5.74, 6) is 1.43. The highest BCUT2D eigenvalue weighted by Crippen LogP contribution is 2.33. The van der Waals surface area contributed by atoms with E-state index in [0.29, 0.717) is 51.2 Å². The van der Waals surface area contributed by atoms with Gasteiger partial charge < -0.3 is 23.5 Å². The predicted molar refractivity (Wildman–Crippen MR) is 143 cm³/mol. The molecule has 0 aliphatic carbocycles. The van der Waals surface area contributed by atoms with Gasteiger partial charge in [0, 0.05) is 25.2 Å². The minimum Gasteiger partial charge on any atom is -0.497 e. The molecule has 0 N–H and O–H groups in total. The lowest BCUT2D eigenvalue weighted by atomic mass is 9.96. The van der Waals surface area contributed by atoms with E-state index in [2.05, 4.69) is 25.8 Å². The minimum absolute atomic E-state index is 0.216. The van der Waals surface area contributed by atoms with Crippen molar-refractivity contribution in [2.75, 3.05) is 44.9 Å². The standard InChI is InChI=1S/C26H26BrN3O6S/c1-4-35-25(32)21-15(2)28-26-30(22(21)16-5-7-17(33-3)8-6-16)23(31)20(37-26)14-18-13-19(27)24(36-18)29-9-11-34-12-10-29/h5-8,13-14,22H,4,9-12H2,1-3H3. The molecule has 0 spiro atoms. The van der Waals surface area contributed by atoms with Crippen LogP contribution >= 0.6 is 27.3 Å². The van der Waals surface area contributed by atoms with Crippen molar-refractivity contribution in [3.63, 3.8) is 0 Å². The van der Waals surface area contributed by atoms with Gasteiger partial charge in [0.05, 0.1) is 53.2 Å². The highest BCUT2D eigenvalue weighted by Gasteiger charge is 2.33. The summed E-state index contributed by atoms with van der Waals surface area (Å²) in [4.78, 5) is 34.0. The number of furan rings is 1. The van der Waals surface area contributed by atoms with Crippen LogP contribution in [0.3, 0.4) is 0 Å². The zero-order chi connectivity index (χ0) is 26.1. The predicted octanol–water partition coefficient (Wildman–Crippen LogP) is 3.00. The van der Waals surface area contributed by atoms with Gasteiger partial charge in [-0.1, -0.05) is 23.5 Å². The third-order valence-electron chi connectivity index (χ3n) is 6.21. The molecule has 2 aliphatic heterocycles. The second-order valence-electron chi connectivity index (χ2n) is 8.48. The van der Waals surface area contributed by atoms with Crippen molar-refractivity contribution in [1.82, 2.24) is 4.57 Å². The molecule has 11 heteroatoms. The summed E-state index contributed by atoms with van der Waals surface area (Å²) in [6, 6.07) is 8.45. The van der Waals surface area contributed by atoms with Gasteiger partial charge in [0.15, 0.2) is 4.80 Å². The monoisotopic (exact) mass is 587 g/mol. The molecule has 1 unspecified atom stereocenters. The van der Waals surface area contributed by atoms with Crippen molar-refractivity contribution >= 4 is 45.2 Å². The average molecular weight is 588 g/mol. The fraction of sp³-hybridized carbons (Fsp3) is 0.346. The Hall–Kier alpha value is -3.15. The van der Waals surface area contributed by atoms with E-state index in [4.69, 9.17) is 18.6 Å². The molecule has 37 heavy (non-hydrogen) atoms. The molecule has 1 atom stereocenters. The van der Waals surface area contributed by atoms with E-state index < -0.39 is 12.0 Å². The van der Waals surface area contributed by atoms with Crippen LogP contribution in [0, 0.1) is 0 Å². The second kappa shape index (κ2) is 10.7. The maximum atomic E-state index is 13.8. The van der Waals surface area contributed by atoms with Gasteiger partial charge in [-0.15, -0.1) is 0 Å². The number of aromatic nitrogens is 1. The van der Waals surface area contributed by atoms with Gasteiger partial charge in [-0.05, 0) is 47.5 Å². The maximum absolute atomic E-state index is 13.8. The van der Waals surface area contributed by atoms with Crippen molar-refractivity contribution in [3.8, 4) is 5.75 Å². The van der Waals surface area contributed by atoms with Crippen molar-refractivity contribution in [2.45, 2.75) is 19.9 Å². The number of hydrogen-bond donors (Lipinski definition) is 0. The van der Waals surface area contributed by atoms with E-state index in [-0.39, 0.29) is 12.2 Å². The number of thiazole rings is 1. The van der Waals surface area contributed by atoms with E-state index in [0.717, 1.165) is 23.1 Å². The molecular weight excluding hydrogens is 562 g/mol. The number of esters is 1. The molecule has 0 bridgehead atoms. The normalized spacial score (nSPS) is 18.0. The van der Waals surface area contributed by atoms with Crippen LogP contribution in [0.4, 0.5) is 5.88 Å². The van der Waals surface area contributed by atoms with Crippen LogP contribution in [-0.2, 0) is 14.3 Å². The number of carbonyl (C=O) groups is 1. The summed E-state index contributed by atoms with van der Waals surface area (Å²) < 4.78 is 25.0. The number of benzene rings is 1. The molecule has 3 aromatic rings. The molecule has 0 radical (unpaired) electrons. The fourth-order valence-electron chi connectivity index (χ4n) is 4.45. The summed E-state index contributed by atoms with van der Waals surface area (Å²) in [7, 11) is 1.59. The van der Waals surface area contributed by atoms with Gasteiger partial charge in [-0.3, -0.25) is 9.36 Å². The number of halogens is 1. The van der Waals surface area contributed by atoms with Crippen molar-refractivity contribution < 1.29 is 23.4 Å². The molecule has 1 saturated heterocycles. The number of rotatable bonds is 6. The SMILES string of the molecule is CCOC(=O)C1=C(C)N=c2sc(=Cc3cc(Br)c(N4CCOCC4)o3)c(=O)n2C1c1ccc(OC)cc1. The molecule has 0 amide bonds. The van der Waals surface area contributed by atoms with Gasteiger partial charge in [-0.25, -0.2) is 9.79 Å². The first-order valence-corrected chi connectivity index (χ1v) is 13.5. The van der Waals surface area contributed by atoms with Crippen LogP contribution in [0.25, 0.3) is 6.08 Å². The first-order valence-electron chi connectivity index (χ1n) is 11.9. The van der Waals surface area contributed by atoms with Crippen LogP contribution in [0.5, 0.6) is 5.75 Å². The molecular formula is C26H26BrN3O6S. The largest absolute Gasteiger partial charge is 0.497 e. The Labute approximate surface area is 225 Å². The maximum Gasteiger partial charge on any atom is 0.338 e. The van der Waals surface area contributed by atoms with Crippen molar-refractivity contribution in [1.29, 1.82) is 0 Å². The van der Waals surface area contributed by atoms with E-state index in [1.165, 1.54) is 11.3 Å². The van der Waals surface area contributed by atoms with Crippen molar-refractivity contribution in [3.05, 3.63) is 77.1 Å². The Balaban J connectivity index is 1.62. The number of anilines is 1. The number of fused-ring (bicyclic) bond motifs is 1. The highest BCUT2D eigenvalue weighted by molar-refractivity contribution is 9.10. The van der Waals surface area contributed by atoms with Gasteiger partial charge in [0.25, 0.3) is 5.56 Å². The summed E-state index contributed by atoms with van der Waals surface area (Å²) >= 11 is 4.83. The summed E-state index contributed by atoms with van der Waals surface area (Å²) in [6.07, 6.45) is 1.72. The van der Waals surface area contributed by atoms with E-state index in [1.807, 2.05) is 18.2 Å². The number of methoxy groups -OCH3 is 1. The first-order chi connectivity index (χ1) is 17.9. The highest BCUT2D eigenvalue weighted by atomic mass is 79.9. The van der Waals surface area contributed by atoms with E-state index in [9.17, 15) is 9.59 Å². The zero-order valence-electron chi connectivity index (χ0n) is 20.7. The topological polar surface area (TPSA) is 95.5 Å². The lowest BCUT2D eigenvalue weighted by molar-refractivity contribution is -0.139. The smallest absolute Gasteiger partial charge is 0.338 e. The lowest BCUT2D eigenvalue weighted by Crippen LogP contribution is -2.39. The quantitative estimate of drug-likeness (QED) is 0.409. The van der Waals surface area contributed by atoms with E-state index >= 15 is 0 Å². The molecule has 0 saturated carbocycles. The number of hydrogen-bond acceptors (Lipinski definition) is 9. The van der Waals surface area contributed by atoms with Crippen LogP contribution in [-0.4, -0.2) is 50.6 Å².